The van der Waals surface area contributed by atoms with Gasteiger partial charge in [0.1, 0.15) is 0 Å². The Balaban J connectivity index is 4.72. The molecule has 0 aromatic rings. The van der Waals surface area contributed by atoms with Crippen molar-refractivity contribution in [1.29, 1.82) is 0 Å². The van der Waals surface area contributed by atoms with Crippen LogP contribution in [0.3, 0.4) is 0 Å². The van der Waals surface area contributed by atoms with Gasteiger partial charge in [0, 0.05) is 0 Å². The molecule has 0 bridgehead atoms. The molecule has 0 saturated carbocycles. The van der Waals surface area contributed by atoms with E-state index < -0.39 is 13.3 Å². The van der Waals surface area contributed by atoms with Gasteiger partial charge in [-0.15, -0.1) is 0 Å². The Morgan fingerprint density at radius 3 is 2.14 bits per heavy atom. The van der Waals surface area contributed by atoms with E-state index >= 15 is 0 Å². The highest BCUT2D eigenvalue weighted by molar-refractivity contribution is 7.55. The number of hydrogen-bond acceptors (Lipinski definition) is 5. The fourth-order valence-electron chi connectivity index (χ4n) is 0.933. The molecule has 0 fully saturated rings. The minimum Gasteiger partial charge on any atom is -0.411 e. The minimum atomic E-state index is -3.17. The standard InChI is InChI=1S/C8H18NO4P/c1-5-12-14(11,13-6-2)8(4)7(3)9-10/h8,10H,5-6H2,1-4H3. The highest BCUT2D eigenvalue weighted by Crippen LogP contribution is 2.53. The molecule has 0 aromatic heterocycles. The summed E-state index contributed by atoms with van der Waals surface area (Å²) in [4.78, 5) is 0. The Hall–Kier alpha value is -0.380. The lowest BCUT2D eigenvalue weighted by Gasteiger charge is -2.22. The third-order valence-corrected chi connectivity index (χ3v) is 4.41. The van der Waals surface area contributed by atoms with Crippen LogP contribution in [0.25, 0.3) is 0 Å². The molecule has 1 atom stereocenters. The van der Waals surface area contributed by atoms with E-state index in [2.05, 4.69) is 5.16 Å². The summed E-state index contributed by atoms with van der Waals surface area (Å²) < 4.78 is 22.3. The van der Waals surface area contributed by atoms with Crippen molar-refractivity contribution in [3.05, 3.63) is 0 Å². The Morgan fingerprint density at radius 2 is 1.86 bits per heavy atom. The van der Waals surface area contributed by atoms with Gasteiger partial charge < -0.3 is 14.3 Å². The number of nitrogens with zero attached hydrogens (tertiary/aromatic N) is 1. The highest BCUT2D eigenvalue weighted by atomic mass is 31.2. The van der Waals surface area contributed by atoms with E-state index in [0.29, 0.717) is 18.9 Å². The van der Waals surface area contributed by atoms with Gasteiger partial charge in [-0.1, -0.05) is 5.16 Å². The fraction of sp³-hybridized carbons (Fsp3) is 0.875. The molecule has 0 aliphatic rings. The zero-order valence-corrected chi connectivity index (χ0v) is 9.95. The predicted molar refractivity (Wildman–Crippen MR) is 55.2 cm³/mol. The number of rotatable bonds is 6. The molecule has 5 nitrogen and oxygen atoms in total. The summed E-state index contributed by atoms with van der Waals surface area (Å²) in [5.41, 5.74) is -0.178. The van der Waals surface area contributed by atoms with E-state index in [1.54, 1.807) is 27.7 Å². The monoisotopic (exact) mass is 223 g/mol. The second-order valence-corrected chi connectivity index (χ2v) is 5.16. The molecule has 84 valence electrons. The number of oxime groups is 1. The molecule has 6 heteroatoms. The summed E-state index contributed by atoms with van der Waals surface area (Å²) in [6.45, 7) is 7.32. The van der Waals surface area contributed by atoms with Crippen LogP contribution in [0.2, 0.25) is 0 Å². The summed E-state index contributed by atoms with van der Waals surface area (Å²) in [6, 6.07) is 0. The van der Waals surface area contributed by atoms with Crippen molar-refractivity contribution >= 4 is 13.3 Å². The van der Waals surface area contributed by atoms with Gasteiger partial charge in [-0.25, -0.2) is 0 Å². The third kappa shape index (κ3) is 3.40. The van der Waals surface area contributed by atoms with Crippen molar-refractivity contribution in [2.75, 3.05) is 13.2 Å². The van der Waals surface area contributed by atoms with E-state index in [1.807, 2.05) is 0 Å². The lowest BCUT2D eigenvalue weighted by molar-refractivity contribution is 0.217. The van der Waals surface area contributed by atoms with Gasteiger partial charge in [0.2, 0.25) is 0 Å². The van der Waals surface area contributed by atoms with Crippen molar-refractivity contribution < 1.29 is 18.8 Å². The van der Waals surface area contributed by atoms with Crippen LogP contribution in [0.5, 0.6) is 0 Å². The number of hydrogen-bond donors (Lipinski definition) is 1. The maximum atomic E-state index is 12.1. The molecule has 0 amide bonds. The van der Waals surface area contributed by atoms with Crippen molar-refractivity contribution in [1.82, 2.24) is 0 Å². The second kappa shape index (κ2) is 6.17. The Labute approximate surface area is 84.6 Å². The van der Waals surface area contributed by atoms with Gasteiger partial charge in [-0.2, -0.15) is 0 Å². The van der Waals surface area contributed by atoms with Crippen LogP contribution in [0.1, 0.15) is 27.7 Å². The average Bonchev–Trinajstić information content (AvgIpc) is 2.16. The molecule has 0 saturated heterocycles. The zero-order chi connectivity index (χ0) is 11.2. The molecule has 0 rings (SSSR count). The van der Waals surface area contributed by atoms with Gasteiger partial charge in [-0.05, 0) is 27.7 Å². The maximum Gasteiger partial charge on any atom is 0.339 e. The van der Waals surface area contributed by atoms with Crippen LogP contribution in [0, 0.1) is 0 Å². The zero-order valence-electron chi connectivity index (χ0n) is 9.06. The molecular formula is C8H18NO4P. The van der Waals surface area contributed by atoms with Crippen molar-refractivity contribution in [2.24, 2.45) is 5.16 Å². The highest BCUT2D eigenvalue weighted by Gasteiger charge is 2.34. The average molecular weight is 223 g/mol. The smallest absolute Gasteiger partial charge is 0.339 e. The first-order chi connectivity index (χ1) is 6.51. The quantitative estimate of drug-likeness (QED) is 0.325. The SMILES string of the molecule is CCOP(=O)(OCC)C(C)C(C)=NO. The molecule has 0 aliphatic heterocycles. The second-order valence-electron chi connectivity index (χ2n) is 2.79. The van der Waals surface area contributed by atoms with E-state index in [0.717, 1.165) is 0 Å². The van der Waals surface area contributed by atoms with Crippen LogP contribution in [0.4, 0.5) is 0 Å². The minimum absolute atomic E-state index is 0.306. The van der Waals surface area contributed by atoms with Crippen LogP contribution in [-0.4, -0.2) is 29.8 Å². The van der Waals surface area contributed by atoms with Crippen LogP contribution >= 0.6 is 7.60 Å². The van der Waals surface area contributed by atoms with Crippen LogP contribution < -0.4 is 0 Å². The van der Waals surface area contributed by atoms with Gasteiger partial charge in [0.25, 0.3) is 0 Å². The first-order valence-electron chi connectivity index (χ1n) is 4.59. The largest absolute Gasteiger partial charge is 0.411 e. The van der Waals surface area contributed by atoms with E-state index in [1.165, 1.54) is 0 Å². The molecule has 1 N–H and O–H groups in total. The molecule has 0 aromatic carbocycles. The third-order valence-electron chi connectivity index (χ3n) is 1.85. The fourth-order valence-corrected chi connectivity index (χ4v) is 2.68. The van der Waals surface area contributed by atoms with Crippen molar-refractivity contribution in [3.63, 3.8) is 0 Å². The topological polar surface area (TPSA) is 68.1 Å². The summed E-state index contributed by atoms with van der Waals surface area (Å²) in [5.74, 6) is 0. The lowest BCUT2D eigenvalue weighted by atomic mass is 10.3. The summed E-state index contributed by atoms with van der Waals surface area (Å²) >= 11 is 0. The molecule has 0 spiro atoms. The first kappa shape index (κ1) is 13.6. The molecule has 1 unspecified atom stereocenters. The predicted octanol–water partition coefficient (Wildman–Crippen LogP) is 2.49. The normalized spacial score (nSPS) is 15.6. The molecule has 14 heavy (non-hydrogen) atoms. The summed E-state index contributed by atoms with van der Waals surface area (Å²) in [5, 5.41) is 11.6. The van der Waals surface area contributed by atoms with Gasteiger partial charge in [0.15, 0.2) is 0 Å². The van der Waals surface area contributed by atoms with E-state index in [9.17, 15) is 4.57 Å². The Morgan fingerprint density at radius 1 is 1.43 bits per heavy atom. The van der Waals surface area contributed by atoms with Crippen LogP contribution in [0.15, 0.2) is 5.16 Å². The summed E-state index contributed by atoms with van der Waals surface area (Å²) in [6.07, 6.45) is 0. The lowest BCUT2D eigenvalue weighted by Crippen LogP contribution is -2.17. The van der Waals surface area contributed by atoms with E-state index in [-0.39, 0.29) is 0 Å². The van der Waals surface area contributed by atoms with Gasteiger partial charge >= 0.3 is 7.60 Å². The molecule has 0 radical (unpaired) electrons. The van der Waals surface area contributed by atoms with E-state index in [4.69, 9.17) is 14.3 Å². The van der Waals surface area contributed by atoms with Crippen molar-refractivity contribution in [2.45, 2.75) is 33.4 Å². The molecule has 0 aliphatic carbocycles. The van der Waals surface area contributed by atoms with Gasteiger partial charge in [0.05, 0.1) is 24.6 Å². The molecular weight excluding hydrogens is 205 g/mol. The Bertz CT molecular complexity index is 231. The van der Waals surface area contributed by atoms with Gasteiger partial charge in [-0.3, -0.25) is 4.57 Å². The maximum absolute atomic E-state index is 12.1. The van der Waals surface area contributed by atoms with Crippen molar-refractivity contribution in [3.8, 4) is 0 Å². The van der Waals surface area contributed by atoms with Crippen LogP contribution in [-0.2, 0) is 13.6 Å². The summed E-state index contributed by atoms with van der Waals surface area (Å²) in [7, 11) is -3.17. The molecule has 0 heterocycles. The first-order valence-corrected chi connectivity index (χ1v) is 6.20. The Kier molecular flexibility index (Phi) is 6.00.